The van der Waals surface area contributed by atoms with Crippen molar-refractivity contribution >= 4 is 11.9 Å². The van der Waals surface area contributed by atoms with E-state index in [1.54, 1.807) is 0 Å². The van der Waals surface area contributed by atoms with E-state index in [0.717, 1.165) is 18.4 Å². The van der Waals surface area contributed by atoms with Crippen LogP contribution >= 0.6 is 0 Å². The molecule has 38 heavy (non-hydrogen) atoms. The summed E-state index contributed by atoms with van der Waals surface area (Å²) in [4.78, 5) is 25.5. The van der Waals surface area contributed by atoms with E-state index >= 15 is 0 Å². The quantitative estimate of drug-likeness (QED) is 0.245. The summed E-state index contributed by atoms with van der Waals surface area (Å²) in [6.07, 6.45) is 4.55. The molecule has 0 heterocycles. The Balaban J connectivity index is 1.65. The van der Waals surface area contributed by atoms with Gasteiger partial charge in [-0.25, -0.2) is 0 Å². The van der Waals surface area contributed by atoms with Crippen LogP contribution < -0.4 is 4.74 Å². The molecule has 1 saturated carbocycles. The van der Waals surface area contributed by atoms with Crippen molar-refractivity contribution in [2.75, 3.05) is 0 Å². The Bertz CT molecular complexity index is 1140. The lowest BCUT2D eigenvalue weighted by atomic mass is 9.76. The Kier molecular flexibility index (Phi) is 9.49. The van der Waals surface area contributed by atoms with Gasteiger partial charge in [0.25, 0.3) is 0 Å². The largest absolute Gasteiger partial charge is 0.459 e. The lowest BCUT2D eigenvalue weighted by molar-refractivity contribution is -0.164. The van der Waals surface area contributed by atoms with Crippen molar-refractivity contribution in [3.8, 4) is 5.75 Å². The van der Waals surface area contributed by atoms with E-state index in [9.17, 15) is 9.59 Å². The summed E-state index contributed by atoms with van der Waals surface area (Å²) in [6.45, 7) is 19.1. The molecule has 0 radical (unpaired) electrons. The summed E-state index contributed by atoms with van der Waals surface area (Å²) in [5.41, 5.74) is 5.57. The summed E-state index contributed by atoms with van der Waals surface area (Å²) in [5.74, 6) is 0.529. The van der Waals surface area contributed by atoms with Gasteiger partial charge in [-0.3, -0.25) is 9.59 Å². The Hall–Kier alpha value is -2.62. The third-order valence-electron chi connectivity index (χ3n) is 8.86. The average Bonchev–Trinajstić information content (AvgIpc) is 2.89. The lowest BCUT2D eigenvalue weighted by Gasteiger charge is -2.30. The predicted molar refractivity (Wildman–Crippen MR) is 155 cm³/mol. The van der Waals surface area contributed by atoms with Gasteiger partial charge in [0, 0.05) is 5.41 Å². The third kappa shape index (κ3) is 6.87. The van der Waals surface area contributed by atoms with Crippen molar-refractivity contribution in [1.29, 1.82) is 0 Å². The topological polar surface area (TPSA) is 52.6 Å². The SMILES string of the molecule is CCC(C)c1ccc(C(C)(C)c2ccc(OC(=O)C3CCC(C(=O)OC(C)(C)CC)CC3)c(C)c2)cc1C. The number of hydrogen-bond donors (Lipinski definition) is 0. The Morgan fingerprint density at radius 1 is 0.842 bits per heavy atom. The Labute approximate surface area is 230 Å². The monoisotopic (exact) mass is 520 g/mol. The predicted octanol–water partition coefficient (Wildman–Crippen LogP) is 8.59. The van der Waals surface area contributed by atoms with Crippen LogP contribution in [-0.2, 0) is 19.7 Å². The van der Waals surface area contributed by atoms with E-state index in [1.807, 2.05) is 33.8 Å². The fourth-order valence-corrected chi connectivity index (χ4v) is 5.34. The highest BCUT2D eigenvalue weighted by Gasteiger charge is 2.34. The van der Waals surface area contributed by atoms with Crippen molar-refractivity contribution in [1.82, 2.24) is 0 Å². The summed E-state index contributed by atoms with van der Waals surface area (Å²) < 4.78 is 11.5. The number of benzene rings is 2. The average molecular weight is 521 g/mol. The molecule has 0 amide bonds. The number of carbonyl (C=O) groups is 2. The first-order valence-electron chi connectivity index (χ1n) is 14.5. The maximum absolute atomic E-state index is 13.0. The van der Waals surface area contributed by atoms with Gasteiger partial charge >= 0.3 is 11.9 Å². The molecule has 2 aromatic carbocycles. The fourth-order valence-electron chi connectivity index (χ4n) is 5.34. The van der Waals surface area contributed by atoms with E-state index in [-0.39, 0.29) is 29.2 Å². The molecule has 208 valence electrons. The van der Waals surface area contributed by atoms with Crippen LogP contribution in [0.3, 0.4) is 0 Å². The molecule has 0 aliphatic heterocycles. The van der Waals surface area contributed by atoms with Gasteiger partial charge in [-0.1, -0.05) is 65.0 Å². The van der Waals surface area contributed by atoms with Crippen molar-refractivity contribution < 1.29 is 19.1 Å². The number of rotatable bonds is 9. The third-order valence-corrected chi connectivity index (χ3v) is 8.86. The van der Waals surface area contributed by atoms with Crippen molar-refractivity contribution in [2.45, 2.75) is 118 Å². The Morgan fingerprint density at radius 2 is 1.37 bits per heavy atom. The van der Waals surface area contributed by atoms with Crippen LogP contribution in [0.1, 0.15) is 121 Å². The van der Waals surface area contributed by atoms with Crippen LogP contribution in [0.2, 0.25) is 0 Å². The maximum Gasteiger partial charge on any atom is 0.314 e. The first-order valence-corrected chi connectivity index (χ1v) is 14.5. The van der Waals surface area contributed by atoms with E-state index in [4.69, 9.17) is 9.47 Å². The fraction of sp³-hybridized carbons (Fsp3) is 0.588. The molecule has 0 N–H and O–H groups in total. The van der Waals surface area contributed by atoms with E-state index in [0.29, 0.717) is 37.4 Å². The van der Waals surface area contributed by atoms with Gasteiger partial charge in [0.15, 0.2) is 0 Å². The molecule has 1 aliphatic rings. The first-order chi connectivity index (χ1) is 17.8. The van der Waals surface area contributed by atoms with Crippen LogP contribution in [0.5, 0.6) is 5.75 Å². The van der Waals surface area contributed by atoms with Crippen LogP contribution in [0, 0.1) is 25.7 Å². The highest BCUT2D eigenvalue weighted by molar-refractivity contribution is 5.77. The molecular weight excluding hydrogens is 472 g/mol. The van der Waals surface area contributed by atoms with Gasteiger partial charge in [0.1, 0.15) is 11.4 Å². The number of aryl methyl sites for hydroxylation is 2. The molecule has 0 spiro atoms. The molecule has 0 saturated heterocycles. The van der Waals surface area contributed by atoms with Crippen LogP contribution in [0.25, 0.3) is 0 Å². The zero-order valence-corrected chi connectivity index (χ0v) is 25.1. The number of esters is 2. The van der Waals surface area contributed by atoms with Gasteiger partial charge in [0.2, 0.25) is 0 Å². The van der Waals surface area contributed by atoms with Gasteiger partial charge in [-0.15, -0.1) is 0 Å². The second kappa shape index (κ2) is 12.1. The van der Waals surface area contributed by atoms with Gasteiger partial charge in [-0.05, 0) is 106 Å². The second-order valence-corrected chi connectivity index (χ2v) is 12.5. The molecule has 1 unspecified atom stereocenters. The Morgan fingerprint density at radius 3 is 1.87 bits per heavy atom. The smallest absolute Gasteiger partial charge is 0.314 e. The normalized spacial score (nSPS) is 19.1. The molecule has 3 rings (SSSR count). The second-order valence-electron chi connectivity index (χ2n) is 12.5. The number of ether oxygens (including phenoxy) is 2. The summed E-state index contributed by atoms with van der Waals surface area (Å²) >= 11 is 0. The zero-order chi connectivity index (χ0) is 28.3. The highest BCUT2D eigenvalue weighted by atomic mass is 16.6. The molecule has 4 nitrogen and oxygen atoms in total. The number of hydrogen-bond acceptors (Lipinski definition) is 4. The lowest BCUT2D eigenvalue weighted by Crippen LogP contribution is -2.34. The van der Waals surface area contributed by atoms with Gasteiger partial charge < -0.3 is 9.47 Å². The minimum absolute atomic E-state index is 0.129. The van der Waals surface area contributed by atoms with Crippen LogP contribution in [-0.4, -0.2) is 17.5 Å². The minimum Gasteiger partial charge on any atom is -0.459 e. The molecule has 0 bridgehead atoms. The first kappa shape index (κ1) is 29.9. The molecule has 1 atom stereocenters. The van der Waals surface area contributed by atoms with E-state index in [2.05, 4.69) is 65.0 Å². The van der Waals surface area contributed by atoms with Gasteiger partial charge in [0.05, 0.1) is 11.8 Å². The van der Waals surface area contributed by atoms with Crippen molar-refractivity contribution in [3.63, 3.8) is 0 Å². The minimum atomic E-state index is -0.443. The zero-order valence-electron chi connectivity index (χ0n) is 25.1. The van der Waals surface area contributed by atoms with Crippen molar-refractivity contribution in [3.05, 3.63) is 64.2 Å². The van der Waals surface area contributed by atoms with Crippen LogP contribution in [0.15, 0.2) is 36.4 Å². The molecule has 4 heteroatoms. The highest BCUT2D eigenvalue weighted by Crippen LogP contribution is 2.37. The van der Waals surface area contributed by atoms with E-state index < -0.39 is 5.60 Å². The van der Waals surface area contributed by atoms with Crippen molar-refractivity contribution in [2.24, 2.45) is 11.8 Å². The van der Waals surface area contributed by atoms with E-state index in [1.165, 1.54) is 22.3 Å². The molecule has 1 fully saturated rings. The summed E-state index contributed by atoms with van der Waals surface area (Å²) in [6, 6.07) is 13.0. The maximum atomic E-state index is 13.0. The molecule has 2 aromatic rings. The molecular formula is C34H48O4. The summed E-state index contributed by atoms with van der Waals surface area (Å²) in [5, 5.41) is 0. The molecule has 1 aliphatic carbocycles. The standard InChI is InChI=1S/C34H48O4/c1-10-22(3)29-18-16-27(20-23(29)4)34(8,9)28-17-19-30(24(5)21-28)37-31(35)25-12-14-26(15-13-25)32(36)38-33(6,7)11-2/h16-22,25-26H,10-15H2,1-9H3. The number of carbonyl (C=O) groups excluding carboxylic acids is 2. The van der Waals surface area contributed by atoms with Gasteiger partial charge in [-0.2, -0.15) is 0 Å². The summed E-state index contributed by atoms with van der Waals surface area (Å²) in [7, 11) is 0. The van der Waals surface area contributed by atoms with Crippen LogP contribution in [0.4, 0.5) is 0 Å². The molecule has 0 aromatic heterocycles.